The van der Waals surface area contributed by atoms with Crippen LogP contribution in [0.1, 0.15) is 31.2 Å². The Bertz CT molecular complexity index is 924. The van der Waals surface area contributed by atoms with Gasteiger partial charge in [-0.2, -0.15) is 0 Å². The van der Waals surface area contributed by atoms with Gasteiger partial charge in [0.05, 0.1) is 7.11 Å². The Kier molecular flexibility index (Phi) is 6.78. The van der Waals surface area contributed by atoms with Crippen LogP contribution >= 0.6 is 0 Å². The summed E-state index contributed by atoms with van der Waals surface area (Å²) in [6.45, 7) is 3.17. The van der Waals surface area contributed by atoms with Crippen molar-refractivity contribution in [3.8, 4) is 11.6 Å². The fourth-order valence-electron chi connectivity index (χ4n) is 4.20. The molecule has 2 aromatic rings. The molecule has 2 aliphatic rings. The zero-order valence-electron chi connectivity index (χ0n) is 18.6. The van der Waals surface area contributed by atoms with Crippen molar-refractivity contribution in [2.45, 2.75) is 44.8 Å². The highest BCUT2D eigenvalue weighted by molar-refractivity contribution is 5.96. The van der Waals surface area contributed by atoms with Crippen molar-refractivity contribution in [1.29, 1.82) is 0 Å². The van der Waals surface area contributed by atoms with Crippen molar-refractivity contribution in [3.05, 3.63) is 48.2 Å². The standard InChI is InChI=1S/C24H30N4O4/c1-17-3-12-23(25-15-17)32-21-8-4-18(5-9-21)26-22(29)16-27-13-14-28(24(27)30)19-6-10-20(31-2)11-7-19/h3,6-7,10-12,15,18,21H,4-5,8-9,13-14,16H2,1-2H3,(H,26,29). The Balaban J connectivity index is 1.21. The second-order valence-corrected chi connectivity index (χ2v) is 8.39. The maximum Gasteiger partial charge on any atom is 0.325 e. The molecule has 0 radical (unpaired) electrons. The average molecular weight is 439 g/mol. The number of pyridine rings is 1. The molecule has 0 spiro atoms. The molecular formula is C24H30N4O4. The maximum atomic E-state index is 12.7. The molecule has 1 aliphatic carbocycles. The van der Waals surface area contributed by atoms with E-state index >= 15 is 0 Å². The van der Waals surface area contributed by atoms with Gasteiger partial charge in [-0.1, -0.05) is 6.07 Å². The molecule has 4 rings (SSSR count). The molecule has 1 saturated carbocycles. The van der Waals surface area contributed by atoms with E-state index < -0.39 is 0 Å². The SMILES string of the molecule is COc1ccc(N2CCN(CC(=O)NC3CCC(Oc4ccc(C)cn4)CC3)C2=O)cc1. The van der Waals surface area contributed by atoms with Crippen molar-refractivity contribution in [2.24, 2.45) is 0 Å². The lowest BCUT2D eigenvalue weighted by molar-refractivity contribution is -0.122. The molecule has 3 amide bonds. The van der Waals surface area contributed by atoms with Crippen molar-refractivity contribution in [1.82, 2.24) is 15.2 Å². The van der Waals surface area contributed by atoms with Gasteiger partial charge in [-0.05, 0) is 62.4 Å². The van der Waals surface area contributed by atoms with E-state index in [4.69, 9.17) is 9.47 Å². The van der Waals surface area contributed by atoms with Crippen molar-refractivity contribution in [3.63, 3.8) is 0 Å². The summed E-state index contributed by atoms with van der Waals surface area (Å²) < 4.78 is 11.1. The lowest BCUT2D eigenvalue weighted by Crippen LogP contribution is -2.45. The third-order valence-corrected chi connectivity index (χ3v) is 6.02. The summed E-state index contributed by atoms with van der Waals surface area (Å²) >= 11 is 0. The number of methoxy groups -OCH3 is 1. The Morgan fingerprint density at radius 1 is 1.09 bits per heavy atom. The predicted octanol–water partition coefficient (Wildman–Crippen LogP) is 3.15. The molecule has 1 aromatic carbocycles. The van der Waals surface area contributed by atoms with E-state index in [9.17, 15) is 9.59 Å². The summed E-state index contributed by atoms with van der Waals surface area (Å²) in [6, 6.07) is 11.2. The predicted molar refractivity (Wildman–Crippen MR) is 121 cm³/mol. The van der Waals surface area contributed by atoms with Crippen LogP contribution in [0.4, 0.5) is 10.5 Å². The van der Waals surface area contributed by atoms with E-state index in [-0.39, 0.29) is 30.6 Å². The first-order valence-corrected chi connectivity index (χ1v) is 11.1. The zero-order valence-corrected chi connectivity index (χ0v) is 18.6. The summed E-state index contributed by atoms with van der Waals surface area (Å²) in [5, 5.41) is 3.09. The summed E-state index contributed by atoms with van der Waals surface area (Å²) in [5.74, 6) is 1.28. The van der Waals surface area contributed by atoms with Crippen LogP contribution in [0.3, 0.4) is 0 Å². The van der Waals surface area contributed by atoms with Crippen LogP contribution in [0, 0.1) is 6.92 Å². The van der Waals surface area contributed by atoms with Crippen molar-refractivity contribution >= 4 is 17.6 Å². The van der Waals surface area contributed by atoms with Crippen molar-refractivity contribution in [2.75, 3.05) is 31.6 Å². The number of hydrogen-bond donors (Lipinski definition) is 1. The van der Waals surface area contributed by atoms with Gasteiger partial charge < -0.3 is 19.7 Å². The largest absolute Gasteiger partial charge is 0.497 e. The minimum atomic E-state index is -0.145. The van der Waals surface area contributed by atoms with Gasteiger partial charge in [-0.25, -0.2) is 9.78 Å². The average Bonchev–Trinajstić information content (AvgIpc) is 3.16. The second-order valence-electron chi connectivity index (χ2n) is 8.39. The number of hydrogen-bond acceptors (Lipinski definition) is 5. The summed E-state index contributed by atoms with van der Waals surface area (Å²) in [6.07, 6.45) is 5.37. The molecular weight excluding hydrogens is 408 g/mol. The number of aryl methyl sites for hydroxylation is 1. The smallest absolute Gasteiger partial charge is 0.325 e. The van der Waals surface area contributed by atoms with Gasteiger partial charge in [0.2, 0.25) is 11.8 Å². The van der Waals surface area contributed by atoms with Gasteiger partial charge in [0.25, 0.3) is 0 Å². The van der Waals surface area contributed by atoms with Crippen LogP contribution in [0.25, 0.3) is 0 Å². The van der Waals surface area contributed by atoms with Gasteiger partial charge in [-0.3, -0.25) is 9.69 Å². The number of carbonyl (C=O) groups excluding carboxylic acids is 2. The fraction of sp³-hybridized carbons (Fsp3) is 0.458. The minimum Gasteiger partial charge on any atom is -0.497 e. The number of aromatic nitrogens is 1. The summed E-state index contributed by atoms with van der Waals surface area (Å²) in [7, 11) is 1.61. The first-order valence-electron chi connectivity index (χ1n) is 11.1. The molecule has 1 saturated heterocycles. The Morgan fingerprint density at radius 3 is 2.50 bits per heavy atom. The number of nitrogens with one attached hydrogen (secondary N) is 1. The molecule has 1 N–H and O–H groups in total. The van der Waals surface area contributed by atoms with E-state index in [1.807, 2.05) is 43.3 Å². The molecule has 2 fully saturated rings. The zero-order chi connectivity index (χ0) is 22.5. The minimum absolute atomic E-state index is 0.0786. The molecule has 0 unspecified atom stereocenters. The van der Waals surface area contributed by atoms with Crippen LogP contribution < -0.4 is 19.7 Å². The maximum absolute atomic E-state index is 12.7. The Labute approximate surface area is 188 Å². The summed E-state index contributed by atoms with van der Waals surface area (Å²) in [4.78, 5) is 32.9. The first-order chi connectivity index (χ1) is 15.5. The first kappa shape index (κ1) is 21.9. The number of benzene rings is 1. The topological polar surface area (TPSA) is 84.0 Å². The highest BCUT2D eigenvalue weighted by atomic mass is 16.5. The van der Waals surface area contributed by atoms with Crippen LogP contribution in [0.5, 0.6) is 11.6 Å². The summed E-state index contributed by atoms with van der Waals surface area (Å²) in [5.41, 5.74) is 1.91. The lowest BCUT2D eigenvalue weighted by atomic mass is 9.93. The van der Waals surface area contributed by atoms with Crippen molar-refractivity contribution < 1.29 is 19.1 Å². The number of ether oxygens (including phenoxy) is 2. The van der Waals surface area contributed by atoms with E-state index in [0.29, 0.717) is 19.0 Å². The second kappa shape index (κ2) is 9.89. The highest BCUT2D eigenvalue weighted by Crippen LogP contribution is 2.24. The number of rotatable bonds is 7. The number of anilines is 1. The van der Waals surface area contributed by atoms with Gasteiger partial charge in [0.1, 0.15) is 18.4 Å². The van der Waals surface area contributed by atoms with E-state index in [1.165, 1.54) is 0 Å². The molecule has 0 bridgehead atoms. The Hall–Kier alpha value is -3.29. The van der Waals surface area contributed by atoms with E-state index in [1.54, 1.807) is 23.1 Å². The number of urea groups is 1. The van der Waals surface area contributed by atoms with E-state index in [0.717, 1.165) is 42.7 Å². The molecule has 0 atom stereocenters. The number of nitrogens with zero attached hydrogens (tertiary/aromatic N) is 3. The number of carbonyl (C=O) groups is 2. The van der Waals surface area contributed by atoms with Gasteiger partial charge >= 0.3 is 6.03 Å². The molecule has 1 aromatic heterocycles. The normalized spacial score (nSPS) is 20.9. The molecule has 2 heterocycles. The number of amides is 3. The molecule has 1 aliphatic heterocycles. The van der Waals surface area contributed by atoms with Crippen LogP contribution in [0.15, 0.2) is 42.6 Å². The quantitative estimate of drug-likeness (QED) is 0.718. The van der Waals surface area contributed by atoms with Gasteiger partial charge in [-0.15, -0.1) is 0 Å². The van der Waals surface area contributed by atoms with Crippen LogP contribution in [-0.2, 0) is 4.79 Å². The van der Waals surface area contributed by atoms with Gasteiger partial charge in [0.15, 0.2) is 0 Å². The third kappa shape index (κ3) is 5.30. The third-order valence-electron chi connectivity index (χ3n) is 6.02. The van der Waals surface area contributed by atoms with Crippen LogP contribution in [-0.4, -0.2) is 60.7 Å². The highest BCUT2D eigenvalue weighted by Gasteiger charge is 2.32. The molecule has 8 heteroatoms. The monoisotopic (exact) mass is 438 g/mol. The molecule has 170 valence electrons. The van der Waals surface area contributed by atoms with Gasteiger partial charge in [0, 0.05) is 37.1 Å². The molecule has 32 heavy (non-hydrogen) atoms. The lowest BCUT2D eigenvalue weighted by Gasteiger charge is -2.29. The van der Waals surface area contributed by atoms with E-state index in [2.05, 4.69) is 10.3 Å². The molecule has 8 nitrogen and oxygen atoms in total. The fourth-order valence-corrected chi connectivity index (χ4v) is 4.20. The van der Waals surface area contributed by atoms with Crippen LogP contribution in [0.2, 0.25) is 0 Å². The Morgan fingerprint density at radius 2 is 1.84 bits per heavy atom.